The van der Waals surface area contributed by atoms with Gasteiger partial charge in [0.1, 0.15) is 18.1 Å². The zero-order valence-corrected chi connectivity index (χ0v) is 12.6. The van der Waals surface area contributed by atoms with Crippen LogP contribution in [0, 0.1) is 0 Å². The third-order valence-electron chi connectivity index (χ3n) is 3.31. The van der Waals surface area contributed by atoms with Crippen LogP contribution in [0.2, 0.25) is 5.02 Å². The van der Waals surface area contributed by atoms with Crippen molar-refractivity contribution in [3.05, 3.63) is 64.7 Å². The maximum Gasteiger partial charge on any atom is 0.429 e. The molecule has 0 saturated carbocycles. The topological polar surface area (TPSA) is 18.5 Å². The Hall–Kier alpha value is -2.14. The predicted octanol–water partition coefficient (Wildman–Crippen LogP) is 5.26. The first-order valence-corrected chi connectivity index (χ1v) is 7.23. The van der Waals surface area contributed by atoms with Gasteiger partial charge in [-0.15, -0.1) is 0 Å². The summed E-state index contributed by atoms with van der Waals surface area (Å²) in [4.78, 5) is 0. The minimum absolute atomic E-state index is 0.0172. The highest BCUT2D eigenvalue weighted by Gasteiger charge is 2.41. The Balaban J connectivity index is 1.79. The summed E-state index contributed by atoms with van der Waals surface area (Å²) in [5, 5.41) is 0.0872. The Labute approximate surface area is 136 Å². The quantitative estimate of drug-likeness (QED) is 0.759. The minimum atomic E-state index is -4.47. The molecule has 0 N–H and O–H groups in total. The number of benzene rings is 2. The third kappa shape index (κ3) is 3.62. The SMILES string of the molecule is FC(F)(F)C1C=Cc2cc(OCc3ccccc3)cc(Cl)c2O1. The molecule has 0 spiro atoms. The molecule has 2 aromatic rings. The Kier molecular flexibility index (Phi) is 4.22. The van der Waals surface area contributed by atoms with Crippen molar-refractivity contribution < 1.29 is 22.6 Å². The van der Waals surface area contributed by atoms with E-state index in [2.05, 4.69) is 0 Å². The van der Waals surface area contributed by atoms with Crippen molar-refractivity contribution in [3.63, 3.8) is 0 Å². The molecule has 1 heterocycles. The van der Waals surface area contributed by atoms with Gasteiger partial charge in [0.15, 0.2) is 0 Å². The van der Waals surface area contributed by atoms with Gasteiger partial charge < -0.3 is 9.47 Å². The zero-order chi connectivity index (χ0) is 16.4. The van der Waals surface area contributed by atoms with E-state index in [9.17, 15) is 13.2 Å². The first-order chi connectivity index (χ1) is 10.9. The van der Waals surface area contributed by atoms with E-state index in [4.69, 9.17) is 21.1 Å². The second kappa shape index (κ2) is 6.16. The molecule has 0 radical (unpaired) electrons. The summed E-state index contributed by atoms with van der Waals surface area (Å²) < 4.78 is 48.7. The third-order valence-corrected chi connectivity index (χ3v) is 3.59. The number of fused-ring (bicyclic) bond motifs is 1. The van der Waals surface area contributed by atoms with Gasteiger partial charge in [0.05, 0.1) is 5.02 Å². The van der Waals surface area contributed by atoms with Crippen LogP contribution < -0.4 is 9.47 Å². The maximum absolute atomic E-state index is 12.7. The molecule has 3 rings (SSSR count). The molecule has 2 nitrogen and oxygen atoms in total. The van der Waals surface area contributed by atoms with Crippen LogP contribution in [-0.2, 0) is 6.61 Å². The zero-order valence-electron chi connectivity index (χ0n) is 11.8. The van der Waals surface area contributed by atoms with E-state index in [1.807, 2.05) is 30.3 Å². The highest BCUT2D eigenvalue weighted by Crippen LogP contribution is 2.40. The Morgan fingerprint density at radius 1 is 1.13 bits per heavy atom. The Morgan fingerprint density at radius 3 is 2.57 bits per heavy atom. The number of ether oxygens (including phenoxy) is 2. The second-order valence-corrected chi connectivity index (χ2v) is 5.44. The van der Waals surface area contributed by atoms with Gasteiger partial charge in [0.25, 0.3) is 0 Å². The van der Waals surface area contributed by atoms with Gasteiger partial charge in [-0.2, -0.15) is 13.2 Å². The molecule has 0 aliphatic carbocycles. The lowest BCUT2D eigenvalue weighted by atomic mass is 10.1. The van der Waals surface area contributed by atoms with E-state index in [0.717, 1.165) is 11.6 Å². The van der Waals surface area contributed by atoms with Gasteiger partial charge in [-0.05, 0) is 17.7 Å². The molecule has 2 aromatic carbocycles. The van der Waals surface area contributed by atoms with Gasteiger partial charge in [-0.25, -0.2) is 0 Å². The molecular weight excluding hydrogens is 329 g/mol. The van der Waals surface area contributed by atoms with Crippen molar-refractivity contribution in [2.45, 2.75) is 18.9 Å². The molecule has 1 unspecified atom stereocenters. The summed E-state index contributed by atoms with van der Waals surface area (Å²) in [5.74, 6) is 0.486. The number of alkyl halides is 3. The molecule has 6 heteroatoms. The summed E-state index contributed by atoms with van der Waals surface area (Å²) in [6.07, 6.45) is -4.15. The molecule has 0 aromatic heterocycles. The fraction of sp³-hybridized carbons (Fsp3) is 0.176. The van der Waals surface area contributed by atoms with Gasteiger partial charge in [-0.3, -0.25) is 0 Å². The largest absolute Gasteiger partial charge is 0.489 e. The van der Waals surface area contributed by atoms with Gasteiger partial charge >= 0.3 is 6.18 Å². The standard InChI is InChI=1S/C17H12ClF3O2/c18-14-9-13(22-10-11-4-2-1-3-5-11)8-12-6-7-15(17(19,20)21)23-16(12)14/h1-9,15H,10H2. The van der Waals surface area contributed by atoms with Gasteiger partial charge in [0.2, 0.25) is 6.10 Å². The maximum atomic E-state index is 12.7. The van der Waals surface area contributed by atoms with Crippen LogP contribution in [-0.4, -0.2) is 12.3 Å². The first kappa shape index (κ1) is 15.7. The van der Waals surface area contributed by atoms with E-state index in [1.165, 1.54) is 12.1 Å². The van der Waals surface area contributed by atoms with Crippen molar-refractivity contribution in [3.8, 4) is 11.5 Å². The van der Waals surface area contributed by atoms with Crippen LogP contribution in [0.4, 0.5) is 13.2 Å². The Morgan fingerprint density at radius 2 is 1.87 bits per heavy atom. The first-order valence-electron chi connectivity index (χ1n) is 6.85. The lowest BCUT2D eigenvalue weighted by Crippen LogP contribution is -2.33. The number of rotatable bonds is 3. The molecule has 0 bridgehead atoms. The second-order valence-electron chi connectivity index (χ2n) is 5.04. The normalized spacial score (nSPS) is 16.6. The van der Waals surface area contributed by atoms with E-state index >= 15 is 0 Å². The molecule has 0 amide bonds. The average molecular weight is 341 g/mol. The van der Waals surface area contributed by atoms with Crippen LogP contribution in [0.3, 0.4) is 0 Å². The van der Waals surface area contributed by atoms with E-state index in [-0.39, 0.29) is 10.8 Å². The summed E-state index contributed by atoms with van der Waals surface area (Å²) in [5.41, 5.74) is 1.44. The van der Waals surface area contributed by atoms with Gasteiger partial charge in [-0.1, -0.05) is 48.0 Å². The molecule has 0 fully saturated rings. The summed E-state index contributed by atoms with van der Waals surface area (Å²) in [7, 11) is 0. The smallest absolute Gasteiger partial charge is 0.429 e. The number of hydrogen-bond donors (Lipinski definition) is 0. The monoisotopic (exact) mass is 340 g/mol. The highest BCUT2D eigenvalue weighted by atomic mass is 35.5. The fourth-order valence-corrected chi connectivity index (χ4v) is 2.46. The van der Waals surface area contributed by atoms with Gasteiger partial charge in [0, 0.05) is 11.6 Å². The Bertz CT molecular complexity index is 727. The van der Waals surface area contributed by atoms with Crippen LogP contribution in [0.15, 0.2) is 48.5 Å². The van der Waals surface area contributed by atoms with Crippen molar-refractivity contribution in [2.24, 2.45) is 0 Å². The molecule has 23 heavy (non-hydrogen) atoms. The molecule has 1 atom stereocenters. The number of halogens is 4. The minimum Gasteiger partial charge on any atom is -0.489 e. The van der Waals surface area contributed by atoms with Crippen LogP contribution in [0.1, 0.15) is 11.1 Å². The molecule has 120 valence electrons. The van der Waals surface area contributed by atoms with Crippen molar-refractivity contribution in [1.29, 1.82) is 0 Å². The fourth-order valence-electron chi connectivity index (χ4n) is 2.19. The van der Waals surface area contributed by atoms with Crippen LogP contribution in [0.5, 0.6) is 11.5 Å². The molecule has 0 saturated heterocycles. The molecule has 1 aliphatic rings. The highest BCUT2D eigenvalue weighted by molar-refractivity contribution is 6.32. The van der Waals surface area contributed by atoms with E-state index in [0.29, 0.717) is 17.9 Å². The molecule has 1 aliphatic heterocycles. The van der Waals surface area contributed by atoms with Crippen molar-refractivity contribution in [2.75, 3.05) is 0 Å². The van der Waals surface area contributed by atoms with E-state index < -0.39 is 12.3 Å². The summed E-state index contributed by atoms with van der Waals surface area (Å²) >= 11 is 6.04. The van der Waals surface area contributed by atoms with Crippen LogP contribution >= 0.6 is 11.6 Å². The molecular formula is C17H12ClF3O2. The lowest BCUT2D eigenvalue weighted by molar-refractivity contribution is -0.180. The van der Waals surface area contributed by atoms with Crippen LogP contribution in [0.25, 0.3) is 6.08 Å². The number of hydrogen-bond acceptors (Lipinski definition) is 2. The van der Waals surface area contributed by atoms with Crippen molar-refractivity contribution in [1.82, 2.24) is 0 Å². The summed E-state index contributed by atoms with van der Waals surface area (Å²) in [6, 6.07) is 12.6. The van der Waals surface area contributed by atoms with E-state index in [1.54, 1.807) is 6.07 Å². The predicted molar refractivity (Wildman–Crippen MR) is 81.7 cm³/mol. The van der Waals surface area contributed by atoms with Crippen molar-refractivity contribution >= 4 is 17.7 Å². The summed E-state index contributed by atoms with van der Waals surface area (Å²) in [6.45, 7) is 0.339. The lowest BCUT2D eigenvalue weighted by Gasteiger charge is -2.24. The average Bonchev–Trinajstić information content (AvgIpc) is 2.53.